The lowest BCUT2D eigenvalue weighted by Crippen LogP contribution is -2.16. The van der Waals surface area contributed by atoms with Gasteiger partial charge in [-0.05, 0) is 54.4 Å². The highest BCUT2D eigenvalue weighted by atomic mass is 35.5. The van der Waals surface area contributed by atoms with E-state index in [0.29, 0.717) is 6.61 Å². The average molecular weight is 370 g/mol. The maximum Gasteiger partial charge on any atom is 0.123 e. The second-order valence-electron chi connectivity index (χ2n) is 6.08. The summed E-state index contributed by atoms with van der Waals surface area (Å²) in [6.45, 7) is 2.08. The minimum absolute atomic E-state index is 0.196. The molecule has 134 valence electrons. The van der Waals surface area contributed by atoms with Crippen molar-refractivity contribution in [2.75, 3.05) is 6.54 Å². The van der Waals surface area contributed by atoms with Crippen LogP contribution in [0.15, 0.2) is 72.8 Å². The highest BCUT2D eigenvalue weighted by Crippen LogP contribution is 2.19. The van der Waals surface area contributed by atoms with Gasteiger partial charge in [-0.15, -0.1) is 0 Å². The Bertz CT molecular complexity index is 818. The van der Waals surface area contributed by atoms with Crippen molar-refractivity contribution in [2.24, 2.45) is 0 Å². The predicted molar refractivity (Wildman–Crippen MR) is 104 cm³/mol. The van der Waals surface area contributed by atoms with E-state index in [1.807, 2.05) is 60.7 Å². The fourth-order valence-electron chi connectivity index (χ4n) is 2.60. The first-order chi connectivity index (χ1) is 12.7. The van der Waals surface area contributed by atoms with Crippen molar-refractivity contribution in [3.8, 4) is 5.75 Å². The first-order valence-corrected chi connectivity index (χ1v) is 8.99. The Hall–Kier alpha value is -2.36. The molecular weight excluding hydrogens is 349 g/mol. The first kappa shape index (κ1) is 18.4. The van der Waals surface area contributed by atoms with Crippen LogP contribution in [0.4, 0.5) is 4.39 Å². The van der Waals surface area contributed by atoms with Crippen LogP contribution in [-0.4, -0.2) is 6.54 Å². The molecule has 0 aliphatic heterocycles. The van der Waals surface area contributed by atoms with E-state index in [-0.39, 0.29) is 5.82 Å². The highest BCUT2D eigenvalue weighted by molar-refractivity contribution is 6.31. The Morgan fingerprint density at radius 1 is 0.846 bits per heavy atom. The van der Waals surface area contributed by atoms with E-state index >= 15 is 0 Å². The van der Waals surface area contributed by atoms with Crippen LogP contribution < -0.4 is 10.1 Å². The fraction of sp³-hybridized carbons (Fsp3) is 0.182. The highest BCUT2D eigenvalue weighted by Gasteiger charge is 2.01. The van der Waals surface area contributed by atoms with Gasteiger partial charge in [-0.25, -0.2) is 4.39 Å². The van der Waals surface area contributed by atoms with Gasteiger partial charge in [-0.2, -0.15) is 0 Å². The number of halogens is 2. The molecule has 26 heavy (non-hydrogen) atoms. The van der Waals surface area contributed by atoms with E-state index in [1.165, 1.54) is 17.7 Å². The van der Waals surface area contributed by atoms with E-state index in [1.54, 1.807) is 0 Å². The van der Waals surface area contributed by atoms with Crippen molar-refractivity contribution in [2.45, 2.75) is 19.6 Å². The van der Waals surface area contributed by atoms with Crippen LogP contribution in [0.25, 0.3) is 0 Å². The van der Waals surface area contributed by atoms with Crippen LogP contribution in [0.3, 0.4) is 0 Å². The van der Waals surface area contributed by atoms with Gasteiger partial charge < -0.3 is 10.1 Å². The fourth-order valence-corrected chi connectivity index (χ4v) is 2.79. The summed E-state index contributed by atoms with van der Waals surface area (Å²) in [6.07, 6.45) is 0.874. The molecule has 0 saturated carbocycles. The molecule has 0 bridgehead atoms. The zero-order valence-corrected chi connectivity index (χ0v) is 15.2. The van der Waals surface area contributed by atoms with Gasteiger partial charge in [0.1, 0.15) is 18.2 Å². The van der Waals surface area contributed by atoms with E-state index in [0.717, 1.165) is 41.4 Å². The monoisotopic (exact) mass is 369 g/mol. The lowest BCUT2D eigenvalue weighted by Gasteiger charge is -2.09. The number of nitrogens with one attached hydrogen (secondary N) is 1. The van der Waals surface area contributed by atoms with Crippen molar-refractivity contribution in [1.29, 1.82) is 0 Å². The zero-order chi connectivity index (χ0) is 18.2. The molecule has 0 amide bonds. The number of benzene rings is 3. The van der Waals surface area contributed by atoms with Gasteiger partial charge in [-0.1, -0.05) is 54.1 Å². The maximum absolute atomic E-state index is 12.9. The summed E-state index contributed by atoms with van der Waals surface area (Å²) < 4.78 is 18.7. The minimum atomic E-state index is -0.196. The third-order valence-corrected chi connectivity index (χ3v) is 4.48. The molecule has 2 nitrogen and oxygen atoms in total. The van der Waals surface area contributed by atoms with Crippen molar-refractivity contribution in [3.63, 3.8) is 0 Å². The van der Waals surface area contributed by atoms with Gasteiger partial charge in [0, 0.05) is 17.1 Å². The Balaban J connectivity index is 1.41. The summed E-state index contributed by atoms with van der Waals surface area (Å²) in [5, 5.41) is 4.11. The molecule has 4 heteroatoms. The summed E-state index contributed by atoms with van der Waals surface area (Å²) in [5.41, 5.74) is 3.29. The molecule has 0 atom stereocenters. The van der Waals surface area contributed by atoms with E-state index in [4.69, 9.17) is 16.3 Å². The van der Waals surface area contributed by atoms with Crippen LogP contribution in [0.2, 0.25) is 5.02 Å². The number of hydrogen-bond acceptors (Lipinski definition) is 2. The summed E-state index contributed by atoms with van der Waals surface area (Å²) in [5.74, 6) is 0.624. The normalized spacial score (nSPS) is 10.7. The lowest BCUT2D eigenvalue weighted by atomic mass is 10.1. The molecule has 3 aromatic carbocycles. The molecule has 3 aromatic rings. The summed E-state index contributed by atoms with van der Waals surface area (Å²) in [6, 6.07) is 22.3. The minimum Gasteiger partial charge on any atom is -0.489 e. The molecule has 0 aliphatic rings. The summed E-state index contributed by atoms with van der Waals surface area (Å²) in [4.78, 5) is 0. The molecule has 0 spiro atoms. The van der Waals surface area contributed by atoms with Crippen molar-refractivity contribution in [3.05, 3.63) is 100 Å². The molecule has 0 aliphatic carbocycles. The second-order valence-corrected chi connectivity index (χ2v) is 6.48. The molecule has 0 saturated heterocycles. The average Bonchev–Trinajstić information content (AvgIpc) is 2.67. The smallest absolute Gasteiger partial charge is 0.123 e. The number of hydrogen-bond donors (Lipinski definition) is 1. The molecule has 0 heterocycles. The first-order valence-electron chi connectivity index (χ1n) is 8.61. The van der Waals surface area contributed by atoms with Gasteiger partial charge in [0.05, 0.1) is 0 Å². The predicted octanol–water partition coefficient (Wildman–Crippen LogP) is 5.39. The molecule has 0 radical (unpaired) electrons. The second kappa shape index (κ2) is 9.37. The van der Waals surface area contributed by atoms with Crippen LogP contribution in [0, 0.1) is 5.82 Å². The molecule has 3 rings (SSSR count). The summed E-state index contributed by atoms with van der Waals surface area (Å²) in [7, 11) is 0. The third kappa shape index (κ3) is 5.58. The molecule has 0 aromatic heterocycles. The van der Waals surface area contributed by atoms with E-state index in [2.05, 4.69) is 5.32 Å². The van der Waals surface area contributed by atoms with E-state index in [9.17, 15) is 4.39 Å². The van der Waals surface area contributed by atoms with E-state index < -0.39 is 0 Å². The molecule has 0 unspecified atom stereocenters. The van der Waals surface area contributed by atoms with Gasteiger partial charge in [0.2, 0.25) is 0 Å². The number of ether oxygens (including phenoxy) is 1. The SMILES string of the molecule is Fc1ccc(CCNCc2ccc(OCc3ccccc3Cl)cc2)cc1. The van der Waals surface area contributed by atoms with Gasteiger partial charge in [0.25, 0.3) is 0 Å². The van der Waals surface area contributed by atoms with Gasteiger partial charge >= 0.3 is 0 Å². The topological polar surface area (TPSA) is 21.3 Å². The molecule has 0 fully saturated rings. The van der Waals surface area contributed by atoms with Crippen LogP contribution in [-0.2, 0) is 19.6 Å². The van der Waals surface area contributed by atoms with Gasteiger partial charge in [-0.3, -0.25) is 0 Å². The van der Waals surface area contributed by atoms with Crippen molar-refractivity contribution in [1.82, 2.24) is 5.32 Å². The quantitative estimate of drug-likeness (QED) is 0.537. The van der Waals surface area contributed by atoms with Crippen LogP contribution >= 0.6 is 11.6 Å². The van der Waals surface area contributed by atoms with Gasteiger partial charge in [0.15, 0.2) is 0 Å². The maximum atomic E-state index is 12.9. The Morgan fingerprint density at radius 3 is 2.27 bits per heavy atom. The van der Waals surface area contributed by atoms with Crippen molar-refractivity contribution >= 4 is 11.6 Å². The van der Waals surface area contributed by atoms with Crippen LogP contribution in [0.5, 0.6) is 5.75 Å². The Labute approximate surface area is 158 Å². The Morgan fingerprint density at radius 2 is 1.54 bits per heavy atom. The third-order valence-electron chi connectivity index (χ3n) is 4.11. The zero-order valence-electron chi connectivity index (χ0n) is 14.4. The Kier molecular flexibility index (Phi) is 6.64. The molecule has 1 N–H and O–H groups in total. The lowest BCUT2D eigenvalue weighted by molar-refractivity contribution is 0.306. The standard InChI is InChI=1S/C22H21ClFNO/c23-22-4-2-1-3-19(22)16-26-21-11-7-18(8-12-21)15-25-14-13-17-5-9-20(24)10-6-17/h1-12,25H,13-16H2. The molecular formula is C22H21ClFNO. The van der Waals surface area contributed by atoms with Crippen LogP contribution in [0.1, 0.15) is 16.7 Å². The summed E-state index contributed by atoms with van der Waals surface area (Å²) >= 11 is 6.13. The largest absolute Gasteiger partial charge is 0.489 e. The van der Waals surface area contributed by atoms with Crippen molar-refractivity contribution < 1.29 is 9.13 Å². The number of rotatable bonds is 8.